The van der Waals surface area contributed by atoms with Crippen LogP contribution in [0, 0.1) is 0 Å². The molecule has 1 radical (unpaired) electrons. The van der Waals surface area contributed by atoms with Gasteiger partial charge in [-0.15, -0.1) is 0 Å². The summed E-state index contributed by atoms with van der Waals surface area (Å²) in [4.78, 5) is 20.7. The van der Waals surface area contributed by atoms with Gasteiger partial charge in [0.2, 0.25) is 6.29 Å². The van der Waals surface area contributed by atoms with E-state index in [0.29, 0.717) is 0 Å². The van der Waals surface area contributed by atoms with E-state index in [-0.39, 0.29) is 13.0 Å². The molecule has 3 heteroatoms. The number of benzene rings is 1. The van der Waals surface area contributed by atoms with Crippen molar-refractivity contribution in [2.75, 3.05) is 6.61 Å². The monoisotopic (exact) mass is 177 g/mol. The van der Waals surface area contributed by atoms with E-state index >= 15 is 0 Å². The van der Waals surface area contributed by atoms with Gasteiger partial charge in [0, 0.05) is 0 Å². The van der Waals surface area contributed by atoms with Gasteiger partial charge in [0.15, 0.2) is 6.61 Å². The molecule has 3 nitrogen and oxygen atoms in total. The zero-order valence-electron chi connectivity index (χ0n) is 7.03. The second kappa shape index (κ2) is 5.09. The highest BCUT2D eigenvalue weighted by atomic mass is 16.5. The number of esters is 1. The third kappa shape index (κ3) is 3.51. The lowest BCUT2D eigenvalue weighted by Crippen LogP contribution is -2.09. The molecular formula is C10H9O3. The van der Waals surface area contributed by atoms with Gasteiger partial charge in [0.05, 0.1) is 6.42 Å². The van der Waals surface area contributed by atoms with Crippen molar-refractivity contribution in [3.05, 3.63) is 35.9 Å². The first kappa shape index (κ1) is 9.45. The quantitative estimate of drug-likeness (QED) is 0.641. The third-order valence-corrected chi connectivity index (χ3v) is 1.48. The first-order valence-corrected chi connectivity index (χ1v) is 3.87. The minimum atomic E-state index is -0.408. The van der Waals surface area contributed by atoms with Gasteiger partial charge in [0.25, 0.3) is 0 Å². The Hall–Kier alpha value is -1.64. The predicted molar refractivity (Wildman–Crippen MR) is 46.8 cm³/mol. The van der Waals surface area contributed by atoms with Gasteiger partial charge in [-0.2, -0.15) is 0 Å². The summed E-state index contributed by atoms with van der Waals surface area (Å²) in [6, 6.07) is 9.20. The van der Waals surface area contributed by atoms with E-state index in [4.69, 9.17) is 0 Å². The van der Waals surface area contributed by atoms with E-state index in [1.54, 1.807) is 0 Å². The summed E-state index contributed by atoms with van der Waals surface area (Å²) in [5.74, 6) is -0.408. The van der Waals surface area contributed by atoms with Crippen LogP contribution in [0.3, 0.4) is 0 Å². The third-order valence-electron chi connectivity index (χ3n) is 1.48. The fraction of sp³-hybridized carbons (Fsp3) is 0.200. The van der Waals surface area contributed by atoms with Crippen LogP contribution in [-0.4, -0.2) is 18.9 Å². The maximum Gasteiger partial charge on any atom is 0.310 e. The van der Waals surface area contributed by atoms with Crippen molar-refractivity contribution in [3.8, 4) is 0 Å². The molecule has 0 aromatic heterocycles. The summed E-state index contributed by atoms with van der Waals surface area (Å²) in [7, 11) is 0. The van der Waals surface area contributed by atoms with Gasteiger partial charge in [0.1, 0.15) is 0 Å². The fourth-order valence-electron chi connectivity index (χ4n) is 0.924. The molecule has 0 heterocycles. The molecular weight excluding hydrogens is 168 g/mol. The van der Waals surface area contributed by atoms with E-state index in [1.807, 2.05) is 30.3 Å². The molecule has 0 amide bonds. The Morgan fingerprint density at radius 3 is 2.62 bits per heavy atom. The van der Waals surface area contributed by atoms with Crippen LogP contribution in [0.25, 0.3) is 0 Å². The molecule has 0 aliphatic rings. The lowest BCUT2D eigenvalue weighted by molar-refractivity contribution is -0.141. The minimum Gasteiger partial charge on any atom is -0.457 e. The number of carbonyl (C=O) groups is 1. The first-order valence-electron chi connectivity index (χ1n) is 3.87. The minimum absolute atomic E-state index is 0.197. The Morgan fingerprint density at radius 2 is 2.00 bits per heavy atom. The Balaban J connectivity index is 2.41. The van der Waals surface area contributed by atoms with Crippen LogP contribution in [0.15, 0.2) is 30.3 Å². The van der Waals surface area contributed by atoms with Crippen molar-refractivity contribution in [3.63, 3.8) is 0 Å². The van der Waals surface area contributed by atoms with Crippen LogP contribution in [-0.2, 0) is 20.7 Å². The van der Waals surface area contributed by atoms with Crippen molar-refractivity contribution in [2.24, 2.45) is 0 Å². The van der Waals surface area contributed by atoms with Crippen LogP contribution in [0.5, 0.6) is 0 Å². The smallest absolute Gasteiger partial charge is 0.310 e. The van der Waals surface area contributed by atoms with Crippen LogP contribution in [0.1, 0.15) is 5.56 Å². The molecule has 0 aliphatic heterocycles. The van der Waals surface area contributed by atoms with Gasteiger partial charge < -0.3 is 4.74 Å². The molecule has 0 N–H and O–H groups in total. The number of hydrogen-bond donors (Lipinski definition) is 0. The summed E-state index contributed by atoms with van der Waals surface area (Å²) >= 11 is 0. The van der Waals surface area contributed by atoms with Gasteiger partial charge in [-0.05, 0) is 5.56 Å². The molecule has 0 atom stereocenters. The maximum absolute atomic E-state index is 11.0. The highest BCUT2D eigenvalue weighted by Crippen LogP contribution is 2.00. The molecule has 0 aliphatic carbocycles. The van der Waals surface area contributed by atoms with E-state index in [0.717, 1.165) is 5.56 Å². The van der Waals surface area contributed by atoms with Gasteiger partial charge in [-0.1, -0.05) is 30.3 Å². The molecule has 0 spiro atoms. The molecule has 0 bridgehead atoms. The fourth-order valence-corrected chi connectivity index (χ4v) is 0.924. The molecule has 1 aromatic carbocycles. The molecule has 67 valence electrons. The molecule has 1 aromatic rings. The second-order valence-electron chi connectivity index (χ2n) is 2.47. The number of rotatable bonds is 4. The molecule has 13 heavy (non-hydrogen) atoms. The Labute approximate surface area is 76.3 Å². The number of hydrogen-bond acceptors (Lipinski definition) is 3. The molecule has 0 unspecified atom stereocenters. The van der Waals surface area contributed by atoms with Gasteiger partial charge in [-0.25, -0.2) is 0 Å². The van der Waals surface area contributed by atoms with Crippen molar-refractivity contribution in [1.82, 2.24) is 0 Å². The van der Waals surface area contributed by atoms with E-state index in [1.165, 1.54) is 6.29 Å². The maximum atomic E-state index is 11.0. The van der Waals surface area contributed by atoms with E-state index < -0.39 is 5.97 Å². The zero-order valence-corrected chi connectivity index (χ0v) is 7.03. The van der Waals surface area contributed by atoms with Gasteiger partial charge in [-0.3, -0.25) is 9.59 Å². The van der Waals surface area contributed by atoms with Crippen LogP contribution in [0.2, 0.25) is 0 Å². The Morgan fingerprint density at radius 1 is 1.31 bits per heavy atom. The Kier molecular flexibility index (Phi) is 3.70. The Bertz CT molecular complexity index is 279. The van der Waals surface area contributed by atoms with Crippen LogP contribution < -0.4 is 0 Å². The lowest BCUT2D eigenvalue weighted by atomic mass is 10.2. The van der Waals surface area contributed by atoms with Crippen LogP contribution in [0.4, 0.5) is 0 Å². The zero-order chi connectivity index (χ0) is 9.52. The average molecular weight is 177 g/mol. The molecule has 0 saturated carbocycles. The van der Waals surface area contributed by atoms with E-state index in [2.05, 4.69) is 4.74 Å². The second-order valence-corrected chi connectivity index (χ2v) is 2.47. The summed E-state index contributed by atoms with van der Waals surface area (Å²) in [6.07, 6.45) is 1.69. The van der Waals surface area contributed by atoms with Crippen molar-refractivity contribution < 1.29 is 14.3 Å². The molecule has 1 rings (SSSR count). The van der Waals surface area contributed by atoms with E-state index in [9.17, 15) is 9.59 Å². The first-order chi connectivity index (χ1) is 6.33. The predicted octanol–water partition coefficient (Wildman–Crippen LogP) is 0.882. The topological polar surface area (TPSA) is 43.4 Å². The number of ether oxygens (including phenoxy) is 1. The average Bonchev–Trinajstić information content (AvgIpc) is 2.16. The highest BCUT2D eigenvalue weighted by molar-refractivity contribution is 5.74. The SMILES string of the molecule is O=[C]COC(=O)Cc1ccccc1. The van der Waals surface area contributed by atoms with Crippen molar-refractivity contribution in [2.45, 2.75) is 6.42 Å². The van der Waals surface area contributed by atoms with Crippen molar-refractivity contribution in [1.29, 1.82) is 0 Å². The standard InChI is InChI=1S/C10H9O3/c11-6-7-13-10(12)8-9-4-2-1-3-5-9/h1-5H,7-8H2. The summed E-state index contributed by atoms with van der Waals surface area (Å²) < 4.78 is 4.53. The lowest BCUT2D eigenvalue weighted by Gasteiger charge is -1.99. The summed E-state index contributed by atoms with van der Waals surface area (Å²) in [6.45, 7) is -0.286. The van der Waals surface area contributed by atoms with Crippen molar-refractivity contribution >= 4 is 12.3 Å². The number of carbonyl (C=O) groups excluding carboxylic acids is 2. The highest BCUT2D eigenvalue weighted by Gasteiger charge is 2.02. The molecule has 0 fully saturated rings. The summed E-state index contributed by atoms with van der Waals surface area (Å²) in [5, 5.41) is 0. The molecule has 0 saturated heterocycles. The normalized spacial score (nSPS) is 9.23. The summed E-state index contributed by atoms with van der Waals surface area (Å²) in [5.41, 5.74) is 0.874. The van der Waals surface area contributed by atoms with Crippen LogP contribution >= 0.6 is 0 Å². The largest absolute Gasteiger partial charge is 0.457 e. The van der Waals surface area contributed by atoms with Gasteiger partial charge >= 0.3 is 5.97 Å².